The van der Waals surface area contributed by atoms with Crippen molar-refractivity contribution in [1.29, 1.82) is 0 Å². The molecule has 1 rings (SSSR count). The highest BCUT2D eigenvalue weighted by Crippen LogP contribution is 2.43. The molecule has 1 aliphatic heterocycles. The average molecular weight is 213 g/mol. The van der Waals surface area contributed by atoms with E-state index < -0.39 is 11.6 Å². The number of amides is 1. The summed E-state index contributed by atoms with van der Waals surface area (Å²) < 4.78 is 5.12. The van der Waals surface area contributed by atoms with Crippen LogP contribution in [-0.4, -0.2) is 18.1 Å². The SMILES string of the molecule is CCC(C)[C@]1(CC)C(=O)NC1OC(C)=O. The number of carbonyl (C=O) groups excluding carboxylic acids is 2. The van der Waals surface area contributed by atoms with Crippen LogP contribution in [0.4, 0.5) is 0 Å². The Hall–Kier alpha value is -1.06. The van der Waals surface area contributed by atoms with Gasteiger partial charge >= 0.3 is 5.97 Å². The highest BCUT2D eigenvalue weighted by Gasteiger charge is 2.58. The summed E-state index contributed by atoms with van der Waals surface area (Å²) in [6.45, 7) is 7.39. The first-order chi connectivity index (χ1) is 6.98. The number of hydrogen-bond donors (Lipinski definition) is 1. The highest BCUT2D eigenvalue weighted by atomic mass is 16.6. The fourth-order valence-electron chi connectivity index (χ4n) is 2.26. The molecule has 2 unspecified atom stereocenters. The van der Waals surface area contributed by atoms with Gasteiger partial charge in [0.2, 0.25) is 5.91 Å². The van der Waals surface area contributed by atoms with E-state index in [0.29, 0.717) is 6.42 Å². The summed E-state index contributed by atoms with van der Waals surface area (Å²) in [4.78, 5) is 22.6. The second-order valence-corrected chi connectivity index (χ2v) is 4.17. The summed E-state index contributed by atoms with van der Waals surface area (Å²) in [7, 11) is 0. The van der Waals surface area contributed by atoms with Crippen molar-refractivity contribution in [1.82, 2.24) is 5.32 Å². The molecule has 0 spiro atoms. The quantitative estimate of drug-likeness (QED) is 0.568. The maximum absolute atomic E-state index is 11.7. The molecule has 15 heavy (non-hydrogen) atoms. The Morgan fingerprint density at radius 3 is 2.53 bits per heavy atom. The Kier molecular flexibility index (Phi) is 3.37. The van der Waals surface area contributed by atoms with Gasteiger partial charge in [-0.1, -0.05) is 27.2 Å². The number of esters is 1. The number of nitrogens with one attached hydrogen (secondary N) is 1. The zero-order valence-electron chi connectivity index (χ0n) is 9.79. The molecule has 4 nitrogen and oxygen atoms in total. The topological polar surface area (TPSA) is 55.4 Å². The van der Waals surface area contributed by atoms with E-state index in [1.807, 2.05) is 20.8 Å². The zero-order valence-corrected chi connectivity index (χ0v) is 9.79. The van der Waals surface area contributed by atoms with Crippen LogP contribution in [0.1, 0.15) is 40.5 Å². The lowest BCUT2D eigenvalue weighted by molar-refractivity contribution is -0.190. The summed E-state index contributed by atoms with van der Waals surface area (Å²) in [5, 5.41) is 2.65. The molecule has 1 aliphatic rings. The molecule has 0 radical (unpaired) electrons. The normalized spacial score (nSPS) is 31.5. The Morgan fingerprint density at radius 1 is 1.60 bits per heavy atom. The fraction of sp³-hybridized carbons (Fsp3) is 0.818. The first-order valence-corrected chi connectivity index (χ1v) is 5.47. The number of carbonyl (C=O) groups is 2. The predicted octanol–water partition coefficient (Wildman–Crippen LogP) is 1.45. The molecule has 4 heteroatoms. The standard InChI is InChI=1S/C11H19NO3/c1-5-7(3)11(6-2)9(14)12-10(11)15-8(4)13/h7,10H,5-6H2,1-4H3,(H,12,14)/t7?,10?,11-/m1/s1. The van der Waals surface area contributed by atoms with Crippen LogP contribution in [0.3, 0.4) is 0 Å². The second-order valence-electron chi connectivity index (χ2n) is 4.17. The molecule has 0 saturated carbocycles. The Labute approximate surface area is 90.4 Å². The number of ether oxygens (including phenoxy) is 1. The summed E-state index contributed by atoms with van der Waals surface area (Å²) in [5.41, 5.74) is -0.513. The maximum Gasteiger partial charge on any atom is 0.304 e. The molecule has 1 fully saturated rings. The lowest BCUT2D eigenvalue weighted by atomic mass is 9.66. The van der Waals surface area contributed by atoms with Gasteiger partial charge in [-0.2, -0.15) is 0 Å². The Balaban J connectivity index is 2.84. The Morgan fingerprint density at radius 2 is 2.20 bits per heavy atom. The van der Waals surface area contributed by atoms with Gasteiger partial charge in [0.25, 0.3) is 0 Å². The lowest BCUT2D eigenvalue weighted by Gasteiger charge is -2.50. The van der Waals surface area contributed by atoms with Crippen LogP contribution in [0.5, 0.6) is 0 Å². The maximum atomic E-state index is 11.7. The van der Waals surface area contributed by atoms with Gasteiger partial charge in [-0.15, -0.1) is 0 Å². The third-order valence-electron chi connectivity index (χ3n) is 3.51. The van der Waals surface area contributed by atoms with Crippen molar-refractivity contribution in [3.05, 3.63) is 0 Å². The van der Waals surface area contributed by atoms with Crippen molar-refractivity contribution in [3.63, 3.8) is 0 Å². The molecular weight excluding hydrogens is 194 g/mol. The molecule has 0 aromatic carbocycles. The number of rotatable bonds is 4. The van der Waals surface area contributed by atoms with Crippen LogP contribution in [0, 0.1) is 11.3 Å². The van der Waals surface area contributed by atoms with Crippen molar-refractivity contribution in [3.8, 4) is 0 Å². The summed E-state index contributed by atoms with van der Waals surface area (Å²) in [5.74, 6) is -0.118. The van der Waals surface area contributed by atoms with E-state index in [-0.39, 0.29) is 17.8 Å². The van der Waals surface area contributed by atoms with Gasteiger partial charge < -0.3 is 10.1 Å². The molecule has 0 aromatic rings. The molecule has 1 N–H and O–H groups in total. The molecular formula is C11H19NO3. The van der Waals surface area contributed by atoms with E-state index >= 15 is 0 Å². The van der Waals surface area contributed by atoms with Crippen molar-refractivity contribution < 1.29 is 14.3 Å². The molecule has 3 atom stereocenters. The van der Waals surface area contributed by atoms with Crippen LogP contribution in [0.25, 0.3) is 0 Å². The van der Waals surface area contributed by atoms with Gasteiger partial charge in [0, 0.05) is 6.92 Å². The summed E-state index contributed by atoms with van der Waals surface area (Å²) in [6.07, 6.45) is 1.16. The van der Waals surface area contributed by atoms with Crippen molar-refractivity contribution in [2.45, 2.75) is 46.8 Å². The van der Waals surface area contributed by atoms with Crippen LogP contribution in [0.2, 0.25) is 0 Å². The van der Waals surface area contributed by atoms with Gasteiger partial charge in [0.15, 0.2) is 6.23 Å². The van der Waals surface area contributed by atoms with Crippen molar-refractivity contribution >= 4 is 11.9 Å². The summed E-state index contributed by atoms with van der Waals surface area (Å²) >= 11 is 0. The van der Waals surface area contributed by atoms with Crippen LogP contribution < -0.4 is 5.32 Å². The van der Waals surface area contributed by atoms with E-state index in [0.717, 1.165) is 6.42 Å². The second kappa shape index (κ2) is 4.21. The molecule has 1 saturated heterocycles. The number of β-lactam (4-membered cyclic amide) rings is 1. The lowest BCUT2D eigenvalue weighted by Crippen LogP contribution is -2.70. The molecule has 0 aromatic heterocycles. The van der Waals surface area contributed by atoms with Crippen molar-refractivity contribution in [2.24, 2.45) is 11.3 Å². The smallest absolute Gasteiger partial charge is 0.304 e. The molecule has 0 aliphatic carbocycles. The van der Waals surface area contributed by atoms with E-state index in [2.05, 4.69) is 5.32 Å². The van der Waals surface area contributed by atoms with E-state index in [4.69, 9.17) is 4.74 Å². The minimum atomic E-state index is -0.513. The van der Waals surface area contributed by atoms with Crippen LogP contribution in [-0.2, 0) is 14.3 Å². The predicted molar refractivity (Wildman–Crippen MR) is 55.9 cm³/mol. The van der Waals surface area contributed by atoms with Gasteiger partial charge in [0.05, 0.1) is 0 Å². The summed E-state index contributed by atoms with van der Waals surface area (Å²) in [6, 6.07) is 0. The van der Waals surface area contributed by atoms with E-state index in [1.54, 1.807) is 0 Å². The number of hydrogen-bond acceptors (Lipinski definition) is 3. The van der Waals surface area contributed by atoms with Gasteiger partial charge in [-0.05, 0) is 12.3 Å². The first-order valence-electron chi connectivity index (χ1n) is 5.47. The van der Waals surface area contributed by atoms with E-state index in [9.17, 15) is 9.59 Å². The van der Waals surface area contributed by atoms with E-state index in [1.165, 1.54) is 6.92 Å². The van der Waals surface area contributed by atoms with Gasteiger partial charge in [-0.25, -0.2) is 0 Å². The third-order valence-corrected chi connectivity index (χ3v) is 3.51. The third kappa shape index (κ3) is 1.73. The first kappa shape index (κ1) is 12.0. The van der Waals surface area contributed by atoms with Gasteiger partial charge in [-0.3, -0.25) is 9.59 Å². The average Bonchev–Trinajstić information content (AvgIpc) is 2.17. The minimum Gasteiger partial charge on any atom is -0.441 e. The molecule has 1 amide bonds. The molecule has 86 valence electrons. The fourth-order valence-corrected chi connectivity index (χ4v) is 2.26. The zero-order chi connectivity index (χ0) is 11.6. The van der Waals surface area contributed by atoms with Crippen molar-refractivity contribution in [2.75, 3.05) is 0 Å². The Bertz CT molecular complexity index is 277. The van der Waals surface area contributed by atoms with Crippen LogP contribution in [0.15, 0.2) is 0 Å². The molecule has 0 bridgehead atoms. The van der Waals surface area contributed by atoms with Crippen LogP contribution >= 0.6 is 0 Å². The monoisotopic (exact) mass is 213 g/mol. The highest BCUT2D eigenvalue weighted by molar-refractivity contribution is 5.90. The minimum absolute atomic E-state index is 0.00519. The molecule has 1 heterocycles. The van der Waals surface area contributed by atoms with Gasteiger partial charge in [0.1, 0.15) is 5.41 Å². The largest absolute Gasteiger partial charge is 0.441 e.